The molecule has 0 N–H and O–H groups in total. The van der Waals surface area contributed by atoms with E-state index >= 15 is 0 Å². The minimum Gasteiger partial charge on any atom is -0.465 e. The summed E-state index contributed by atoms with van der Waals surface area (Å²) >= 11 is 0. The van der Waals surface area contributed by atoms with Crippen molar-refractivity contribution in [1.29, 1.82) is 0 Å². The van der Waals surface area contributed by atoms with Crippen LogP contribution in [0.2, 0.25) is 0 Å². The molecule has 0 amide bonds. The lowest BCUT2D eigenvalue weighted by molar-refractivity contribution is 0.00578. The van der Waals surface area contributed by atoms with Gasteiger partial charge in [-0.25, -0.2) is 9.64 Å². The Labute approximate surface area is 125 Å². The molecule has 0 radical (unpaired) electrons. The fourth-order valence-electron chi connectivity index (χ4n) is 2.05. The van der Waals surface area contributed by atoms with Gasteiger partial charge >= 0.3 is 13.1 Å². The molecule has 1 aliphatic heterocycles. The van der Waals surface area contributed by atoms with Gasteiger partial charge in [-0.15, -0.1) is 0 Å². The summed E-state index contributed by atoms with van der Waals surface area (Å²) in [4.78, 5) is 15.0. The first-order valence-corrected chi connectivity index (χ1v) is 6.67. The van der Waals surface area contributed by atoms with Crippen LogP contribution in [0.15, 0.2) is 18.2 Å². The summed E-state index contributed by atoms with van der Waals surface area (Å²) in [6, 6.07) is 4.79. The largest absolute Gasteiger partial charge is 0.483 e. The van der Waals surface area contributed by atoms with Gasteiger partial charge in [0.1, 0.15) is 0 Å². The molecule has 0 saturated carbocycles. The SMILES string of the molecule is [C-]#[N+]c1cc(C(=O)OC)ccc1B1OC(C)(C)C(C)(C)O1. The number of nitrogens with zero attached hydrogens (tertiary/aromatic N) is 1. The molecule has 0 spiro atoms. The predicted molar refractivity (Wildman–Crippen MR) is 79.8 cm³/mol. The van der Waals surface area contributed by atoms with Gasteiger partial charge in [0.25, 0.3) is 0 Å². The lowest BCUT2D eigenvalue weighted by Crippen LogP contribution is -2.41. The summed E-state index contributed by atoms with van der Waals surface area (Å²) in [6.07, 6.45) is 0. The number of ether oxygens (including phenoxy) is 1. The molecule has 0 atom stereocenters. The molecular formula is C15H18BNO4. The number of carbonyl (C=O) groups excluding carboxylic acids is 1. The van der Waals surface area contributed by atoms with Crippen LogP contribution in [0.3, 0.4) is 0 Å². The van der Waals surface area contributed by atoms with Crippen LogP contribution < -0.4 is 5.46 Å². The van der Waals surface area contributed by atoms with Crippen molar-refractivity contribution in [2.45, 2.75) is 38.9 Å². The van der Waals surface area contributed by atoms with Crippen molar-refractivity contribution in [3.8, 4) is 0 Å². The molecule has 1 fully saturated rings. The highest BCUT2D eigenvalue weighted by Crippen LogP contribution is 2.37. The van der Waals surface area contributed by atoms with E-state index in [1.165, 1.54) is 13.2 Å². The van der Waals surface area contributed by atoms with Crippen molar-refractivity contribution in [3.63, 3.8) is 0 Å². The molecule has 0 unspecified atom stereocenters. The molecule has 0 bridgehead atoms. The highest BCUT2D eigenvalue weighted by Gasteiger charge is 2.52. The molecule has 1 saturated heterocycles. The number of benzene rings is 1. The second-order valence-electron chi connectivity index (χ2n) is 5.97. The van der Waals surface area contributed by atoms with Crippen molar-refractivity contribution in [3.05, 3.63) is 35.2 Å². The monoisotopic (exact) mass is 287 g/mol. The lowest BCUT2D eigenvalue weighted by Gasteiger charge is -2.32. The molecule has 5 nitrogen and oxygen atoms in total. The van der Waals surface area contributed by atoms with E-state index in [-0.39, 0.29) is 0 Å². The quantitative estimate of drug-likeness (QED) is 0.476. The standard InChI is InChI=1S/C15H18BNO4/c1-14(2)15(3,4)21-16(20-14)11-8-7-10(13(18)19-6)9-12(11)17-5/h7-9H,1-4,6H3. The summed E-state index contributed by atoms with van der Waals surface area (Å²) in [5.74, 6) is -0.472. The molecule has 6 heteroatoms. The Morgan fingerprint density at radius 2 is 1.81 bits per heavy atom. The van der Waals surface area contributed by atoms with Crippen molar-refractivity contribution in [2.75, 3.05) is 7.11 Å². The van der Waals surface area contributed by atoms with Crippen LogP contribution in [0.4, 0.5) is 5.69 Å². The summed E-state index contributed by atoms with van der Waals surface area (Å²) in [5.41, 5.74) is 0.340. The van der Waals surface area contributed by atoms with Crippen molar-refractivity contribution >= 4 is 24.2 Å². The van der Waals surface area contributed by atoms with E-state index in [2.05, 4.69) is 9.58 Å². The zero-order valence-corrected chi connectivity index (χ0v) is 12.9. The van der Waals surface area contributed by atoms with Gasteiger partial charge in [0.15, 0.2) is 5.69 Å². The third-order valence-electron chi connectivity index (χ3n) is 4.08. The van der Waals surface area contributed by atoms with E-state index in [4.69, 9.17) is 15.9 Å². The molecule has 1 aromatic carbocycles. The first-order chi connectivity index (χ1) is 9.71. The lowest BCUT2D eigenvalue weighted by atomic mass is 9.77. The minimum absolute atomic E-state index is 0.330. The van der Waals surface area contributed by atoms with Crippen molar-refractivity contribution in [2.24, 2.45) is 0 Å². The minimum atomic E-state index is -0.620. The summed E-state index contributed by atoms with van der Waals surface area (Å²) < 4.78 is 16.5. The van der Waals surface area contributed by atoms with E-state index in [9.17, 15) is 4.79 Å². The molecule has 2 rings (SSSR count). The third kappa shape index (κ3) is 2.67. The smallest absolute Gasteiger partial charge is 0.465 e. The van der Waals surface area contributed by atoms with Crippen molar-refractivity contribution in [1.82, 2.24) is 0 Å². The van der Waals surface area contributed by atoms with Gasteiger partial charge in [0, 0.05) is 5.56 Å². The van der Waals surface area contributed by atoms with Crippen LogP contribution in [0.5, 0.6) is 0 Å². The first kappa shape index (κ1) is 15.6. The van der Waals surface area contributed by atoms with E-state index in [0.717, 1.165) is 0 Å². The van der Waals surface area contributed by atoms with E-state index < -0.39 is 24.3 Å². The molecule has 110 valence electrons. The highest BCUT2D eigenvalue weighted by atomic mass is 16.7. The second kappa shape index (κ2) is 5.17. The maximum absolute atomic E-state index is 11.5. The number of rotatable bonds is 2. The van der Waals surface area contributed by atoms with Gasteiger partial charge < -0.3 is 14.0 Å². The van der Waals surface area contributed by atoms with E-state index in [1.807, 2.05) is 27.7 Å². The molecule has 1 aromatic rings. The summed E-state index contributed by atoms with van der Waals surface area (Å²) in [5, 5.41) is 0. The summed E-state index contributed by atoms with van der Waals surface area (Å²) in [7, 11) is 0.688. The Hall–Kier alpha value is -1.84. The van der Waals surface area contributed by atoms with E-state index in [1.54, 1.807) is 12.1 Å². The number of hydrogen-bond acceptors (Lipinski definition) is 4. The second-order valence-corrected chi connectivity index (χ2v) is 5.97. The van der Waals surface area contributed by atoms with Crippen molar-refractivity contribution < 1.29 is 18.8 Å². The topological polar surface area (TPSA) is 49.1 Å². The van der Waals surface area contributed by atoms with E-state index in [0.29, 0.717) is 16.7 Å². The Balaban J connectivity index is 2.39. The number of methoxy groups -OCH3 is 1. The Kier molecular flexibility index (Phi) is 3.83. The zero-order chi connectivity index (χ0) is 15.8. The number of esters is 1. The number of hydrogen-bond donors (Lipinski definition) is 0. The van der Waals surface area contributed by atoms with Gasteiger partial charge in [-0.3, -0.25) is 0 Å². The first-order valence-electron chi connectivity index (χ1n) is 6.67. The third-order valence-corrected chi connectivity index (χ3v) is 4.08. The molecule has 1 aliphatic rings. The van der Waals surface area contributed by atoms with Gasteiger partial charge in [0.05, 0.1) is 24.9 Å². The molecule has 0 aliphatic carbocycles. The Bertz CT molecular complexity index is 603. The van der Waals surface area contributed by atoms with Crippen LogP contribution >= 0.6 is 0 Å². The normalized spacial score (nSPS) is 19.1. The molecule has 0 aromatic heterocycles. The van der Waals surface area contributed by atoms with Crippen LogP contribution in [0, 0.1) is 6.57 Å². The fraction of sp³-hybridized carbons (Fsp3) is 0.467. The maximum atomic E-state index is 11.5. The fourth-order valence-corrected chi connectivity index (χ4v) is 2.05. The number of carbonyl (C=O) groups is 1. The Morgan fingerprint density at radius 3 is 2.29 bits per heavy atom. The maximum Gasteiger partial charge on any atom is 0.483 e. The highest BCUT2D eigenvalue weighted by molar-refractivity contribution is 6.64. The molecule has 21 heavy (non-hydrogen) atoms. The molecule has 1 heterocycles. The van der Waals surface area contributed by atoms with Crippen LogP contribution in [0.25, 0.3) is 4.85 Å². The van der Waals surface area contributed by atoms with Crippen LogP contribution in [0.1, 0.15) is 38.1 Å². The summed E-state index contributed by atoms with van der Waals surface area (Å²) in [6.45, 7) is 15.1. The van der Waals surface area contributed by atoms with Gasteiger partial charge in [-0.1, -0.05) is 12.1 Å². The average Bonchev–Trinajstić information content (AvgIpc) is 2.65. The van der Waals surface area contributed by atoms with Gasteiger partial charge in [-0.05, 0) is 39.2 Å². The predicted octanol–water partition coefficient (Wildman–Crippen LogP) is 2.32. The van der Waals surface area contributed by atoms with Gasteiger partial charge in [-0.2, -0.15) is 0 Å². The Morgan fingerprint density at radius 1 is 1.24 bits per heavy atom. The van der Waals surface area contributed by atoms with Gasteiger partial charge in [0.2, 0.25) is 0 Å². The molecular weight excluding hydrogens is 269 g/mol. The zero-order valence-electron chi connectivity index (χ0n) is 12.9. The van der Waals surface area contributed by atoms with Crippen LogP contribution in [-0.4, -0.2) is 31.4 Å². The average molecular weight is 287 g/mol. The van der Waals surface area contributed by atoms with Crippen LogP contribution in [-0.2, 0) is 14.0 Å².